The number of anilines is 1. The zero-order valence-corrected chi connectivity index (χ0v) is 13.2. The lowest BCUT2D eigenvalue weighted by Gasteiger charge is -2.07. The molecule has 3 nitrogen and oxygen atoms in total. The molecule has 2 aromatic carbocycles. The van der Waals surface area contributed by atoms with Crippen molar-refractivity contribution in [2.45, 2.75) is 19.1 Å². The minimum absolute atomic E-state index is 0.176. The van der Waals surface area contributed by atoms with E-state index in [0.717, 1.165) is 11.1 Å². The number of hydrogen-bond acceptors (Lipinski definition) is 2. The largest absolute Gasteiger partial charge is 0.326 e. The van der Waals surface area contributed by atoms with Crippen LogP contribution in [0.3, 0.4) is 0 Å². The molecular formula is C17H18FNO2S. The Morgan fingerprint density at radius 2 is 1.82 bits per heavy atom. The number of rotatable bonds is 6. The number of aryl methyl sites for hydroxylation is 1. The van der Waals surface area contributed by atoms with Gasteiger partial charge in [-0.2, -0.15) is 0 Å². The van der Waals surface area contributed by atoms with Gasteiger partial charge in [0.25, 0.3) is 0 Å². The molecule has 0 fully saturated rings. The molecule has 1 N–H and O–H groups in total. The van der Waals surface area contributed by atoms with Gasteiger partial charge in [0, 0.05) is 34.4 Å². The highest BCUT2D eigenvalue weighted by molar-refractivity contribution is 7.84. The number of carbonyl (C=O) groups is 1. The Hall–Kier alpha value is -2.01. The van der Waals surface area contributed by atoms with Gasteiger partial charge in [-0.1, -0.05) is 24.3 Å². The lowest BCUT2D eigenvalue weighted by Crippen LogP contribution is -2.15. The second-order valence-electron chi connectivity index (χ2n) is 5.02. The maximum Gasteiger partial charge on any atom is 0.225 e. The molecule has 0 aromatic heterocycles. The maximum atomic E-state index is 12.8. The number of hydrogen-bond donors (Lipinski definition) is 1. The summed E-state index contributed by atoms with van der Waals surface area (Å²) >= 11 is 0. The molecule has 0 bridgehead atoms. The van der Waals surface area contributed by atoms with Gasteiger partial charge in [0.15, 0.2) is 0 Å². The lowest BCUT2D eigenvalue weighted by molar-refractivity contribution is -0.115. The summed E-state index contributed by atoms with van der Waals surface area (Å²) in [6.07, 6.45) is 0.176. The number of halogens is 1. The van der Waals surface area contributed by atoms with Crippen LogP contribution in [0.4, 0.5) is 10.1 Å². The van der Waals surface area contributed by atoms with Crippen molar-refractivity contribution in [2.24, 2.45) is 0 Å². The van der Waals surface area contributed by atoms with E-state index in [-0.39, 0.29) is 18.1 Å². The van der Waals surface area contributed by atoms with E-state index in [9.17, 15) is 13.4 Å². The third-order valence-electron chi connectivity index (χ3n) is 3.26. The van der Waals surface area contributed by atoms with Crippen molar-refractivity contribution < 1.29 is 13.4 Å². The highest BCUT2D eigenvalue weighted by atomic mass is 32.2. The molecule has 5 heteroatoms. The van der Waals surface area contributed by atoms with Crippen molar-refractivity contribution in [3.8, 4) is 0 Å². The molecule has 22 heavy (non-hydrogen) atoms. The van der Waals surface area contributed by atoms with E-state index in [1.165, 1.54) is 24.3 Å². The molecule has 0 saturated carbocycles. The second-order valence-corrected chi connectivity index (χ2v) is 6.60. The topological polar surface area (TPSA) is 46.2 Å². The fraction of sp³-hybridized carbons (Fsp3) is 0.235. The van der Waals surface area contributed by atoms with Crippen LogP contribution in [0, 0.1) is 12.7 Å². The van der Waals surface area contributed by atoms with Gasteiger partial charge in [-0.3, -0.25) is 9.00 Å². The first-order valence-corrected chi connectivity index (χ1v) is 8.48. The monoisotopic (exact) mass is 319 g/mol. The van der Waals surface area contributed by atoms with Crippen molar-refractivity contribution in [1.29, 1.82) is 0 Å². The van der Waals surface area contributed by atoms with Gasteiger partial charge in [0.05, 0.1) is 0 Å². The standard InChI is InChI=1S/C17H18FNO2S/c1-13-4-2-3-5-14(13)12-22(21)11-10-17(20)19-16-8-6-15(18)7-9-16/h2-9H,10-12H2,1H3,(H,19,20)/t22-/m0/s1. The quantitative estimate of drug-likeness (QED) is 0.887. The summed E-state index contributed by atoms with van der Waals surface area (Å²) in [6.45, 7) is 1.98. The summed E-state index contributed by atoms with van der Waals surface area (Å²) < 4.78 is 24.8. The zero-order valence-electron chi connectivity index (χ0n) is 12.3. The first kappa shape index (κ1) is 16.4. The smallest absolute Gasteiger partial charge is 0.225 e. The fourth-order valence-electron chi connectivity index (χ4n) is 1.98. The summed E-state index contributed by atoms with van der Waals surface area (Å²) in [5, 5.41) is 2.66. The SMILES string of the molecule is Cc1ccccc1C[S@@](=O)CCC(=O)Nc1ccc(F)cc1. The van der Waals surface area contributed by atoms with Crippen molar-refractivity contribution in [3.63, 3.8) is 0 Å². The first-order chi connectivity index (χ1) is 10.5. The molecule has 0 spiro atoms. The third kappa shape index (κ3) is 5.07. The number of amides is 1. The highest BCUT2D eigenvalue weighted by Crippen LogP contribution is 2.11. The Labute approximate surface area is 132 Å². The van der Waals surface area contributed by atoms with Crippen LogP contribution in [0.15, 0.2) is 48.5 Å². The summed E-state index contributed by atoms with van der Waals surface area (Å²) in [5.74, 6) is 0.194. The molecule has 0 unspecified atom stereocenters. The third-order valence-corrected chi connectivity index (χ3v) is 4.55. The van der Waals surface area contributed by atoms with Gasteiger partial charge < -0.3 is 5.32 Å². The minimum atomic E-state index is -1.08. The van der Waals surface area contributed by atoms with Gasteiger partial charge in [-0.25, -0.2) is 4.39 Å². The molecule has 0 aliphatic carbocycles. The molecule has 0 aliphatic heterocycles. The minimum Gasteiger partial charge on any atom is -0.326 e. The zero-order chi connectivity index (χ0) is 15.9. The van der Waals surface area contributed by atoms with Crippen molar-refractivity contribution in [3.05, 3.63) is 65.5 Å². The van der Waals surface area contributed by atoms with Crippen molar-refractivity contribution in [2.75, 3.05) is 11.1 Å². The first-order valence-electron chi connectivity index (χ1n) is 6.99. The van der Waals surface area contributed by atoms with Crippen LogP contribution in [0.5, 0.6) is 0 Å². The molecule has 0 aliphatic rings. The molecule has 1 amide bonds. The van der Waals surface area contributed by atoms with E-state index in [4.69, 9.17) is 0 Å². The molecule has 0 saturated heterocycles. The van der Waals surface area contributed by atoms with Crippen LogP contribution >= 0.6 is 0 Å². The number of nitrogens with one attached hydrogen (secondary N) is 1. The molecule has 0 radical (unpaired) electrons. The maximum absolute atomic E-state index is 12.8. The van der Waals surface area contributed by atoms with Crippen LogP contribution in [0.1, 0.15) is 17.5 Å². The predicted molar refractivity (Wildman–Crippen MR) is 87.5 cm³/mol. The highest BCUT2D eigenvalue weighted by Gasteiger charge is 2.08. The Morgan fingerprint density at radius 3 is 2.50 bits per heavy atom. The van der Waals surface area contributed by atoms with E-state index < -0.39 is 10.8 Å². The Balaban J connectivity index is 1.79. The second kappa shape index (κ2) is 7.84. The van der Waals surface area contributed by atoms with E-state index >= 15 is 0 Å². The summed E-state index contributed by atoms with van der Waals surface area (Å²) in [6, 6.07) is 13.4. The average Bonchev–Trinajstić information content (AvgIpc) is 2.50. The molecule has 1 atom stereocenters. The molecule has 0 heterocycles. The molecule has 116 valence electrons. The van der Waals surface area contributed by atoms with Crippen LogP contribution in [0.2, 0.25) is 0 Å². The predicted octanol–water partition coefficient (Wildman–Crippen LogP) is 3.41. The van der Waals surface area contributed by atoms with E-state index in [1.54, 1.807) is 0 Å². The van der Waals surface area contributed by atoms with Gasteiger partial charge in [-0.15, -0.1) is 0 Å². The van der Waals surface area contributed by atoms with E-state index in [2.05, 4.69) is 5.32 Å². The number of benzene rings is 2. The average molecular weight is 319 g/mol. The number of carbonyl (C=O) groups excluding carboxylic acids is 1. The van der Waals surface area contributed by atoms with Gasteiger partial charge >= 0.3 is 0 Å². The molecular weight excluding hydrogens is 301 g/mol. The summed E-state index contributed by atoms with van der Waals surface area (Å²) in [5.41, 5.74) is 2.68. The summed E-state index contributed by atoms with van der Waals surface area (Å²) in [7, 11) is -1.08. The Bertz CT molecular complexity index is 671. The van der Waals surface area contributed by atoms with Crippen LogP contribution in [-0.2, 0) is 21.3 Å². The van der Waals surface area contributed by atoms with Crippen molar-refractivity contribution in [1.82, 2.24) is 0 Å². The van der Waals surface area contributed by atoms with Crippen molar-refractivity contribution >= 4 is 22.4 Å². The van der Waals surface area contributed by atoms with E-state index in [1.807, 2.05) is 31.2 Å². The summed E-state index contributed by atoms with van der Waals surface area (Å²) in [4.78, 5) is 11.8. The Morgan fingerprint density at radius 1 is 1.14 bits per heavy atom. The molecule has 2 aromatic rings. The van der Waals surface area contributed by atoms with Gasteiger partial charge in [-0.05, 0) is 42.3 Å². The molecule has 2 rings (SSSR count). The van der Waals surface area contributed by atoms with Gasteiger partial charge in [0.1, 0.15) is 5.82 Å². The lowest BCUT2D eigenvalue weighted by atomic mass is 10.1. The van der Waals surface area contributed by atoms with Crippen LogP contribution < -0.4 is 5.32 Å². The fourth-order valence-corrected chi connectivity index (χ4v) is 3.21. The normalized spacial score (nSPS) is 11.9. The van der Waals surface area contributed by atoms with E-state index in [0.29, 0.717) is 17.2 Å². The Kier molecular flexibility index (Phi) is 5.83. The van der Waals surface area contributed by atoms with Crippen LogP contribution in [0.25, 0.3) is 0 Å². The van der Waals surface area contributed by atoms with Gasteiger partial charge in [0.2, 0.25) is 5.91 Å². The van der Waals surface area contributed by atoms with Crippen LogP contribution in [-0.4, -0.2) is 15.9 Å².